The number of rotatable bonds is 6. The van der Waals surface area contributed by atoms with E-state index in [2.05, 4.69) is 10.6 Å². The van der Waals surface area contributed by atoms with Gasteiger partial charge in [0.1, 0.15) is 24.0 Å². The molecule has 0 saturated heterocycles. The first kappa shape index (κ1) is 18.1. The number of carbonyl (C=O) groups excluding carboxylic acids is 2. The number of anilines is 2. The van der Waals surface area contributed by atoms with E-state index < -0.39 is 11.8 Å². The molecule has 2 amide bonds. The predicted octanol–water partition coefficient (Wildman–Crippen LogP) is 3.80. The Hall–Kier alpha value is -3.74. The quantitative estimate of drug-likeness (QED) is 0.692. The van der Waals surface area contributed by atoms with Crippen LogP contribution in [0.4, 0.5) is 11.4 Å². The van der Waals surface area contributed by atoms with Crippen LogP contribution in [0.25, 0.3) is 0 Å². The van der Waals surface area contributed by atoms with Gasteiger partial charge in [0.05, 0.1) is 25.3 Å². The maximum Gasteiger partial charge on any atom is 0.259 e. The number of benzene rings is 2. The number of hydrogen-bond donors (Lipinski definition) is 2. The average Bonchev–Trinajstić information content (AvgIpc) is 3.19. The highest BCUT2D eigenvalue weighted by Crippen LogP contribution is 2.20. The molecule has 0 aliphatic carbocycles. The second kappa shape index (κ2) is 8.09. The van der Waals surface area contributed by atoms with Gasteiger partial charge in [-0.15, -0.1) is 0 Å². The number of nitrogens with one attached hydrogen (secondary N) is 2. The summed E-state index contributed by atoms with van der Waals surface area (Å²) in [7, 11) is 3.12. The third-order valence-electron chi connectivity index (χ3n) is 3.85. The van der Waals surface area contributed by atoms with Crippen LogP contribution in [0.1, 0.15) is 20.7 Å². The smallest absolute Gasteiger partial charge is 0.259 e. The van der Waals surface area contributed by atoms with Crippen LogP contribution >= 0.6 is 0 Å². The lowest BCUT2D eigenvalue weighted by Gasteiger charge is -2.08. The van der Waals surface area contributed by atoms with Gasteiger partial charge in [-0.3, -0.25) is 9.59 Å². The molecule has 1 aromatic heterocycles. The molecule has 7 heteroatoms. The summed E-state index contributed by atoms with van der Waals surface area (Å²) in [5.41, 5.74) is 1.42. The fourth-order valence-corrected chi connectivity index (χ4v) is 2.39. The van der Waals surface area contributed by atoms with Crippen LogP contribution in [-0.4, -0.2) is 26.0 Å². The molecule has 0 saturated carbocycles. The molecule has 27 heavy (non-hydrogen) atoms. The van der Waals surface area contributed by atoms with E-state index in [4.69, 9.17) is 13.9 Å². The summed E-state index contributed by atoms with van der Waals surface area (Å²) < 4.78 is 15.2. The summed E-state index contributed by atoms with van der Waals surface area (Å²) in [5.74, 6) is 0.453. The third kappa shape index (κ3) is 4.27. The van der Waals surface area contributed by atoms with Gasteiger partial charge in [-0.25, -0.2) is 0 Å². The molecule has 2 aromatic carbocycles. The van der Waals surface area contributed by atoms with Gasteiger partial charge in [0, 0.05) is 11.4 Å². The summed E-state index contributed by atoms with van der Waals surface area (Å²) >= 11 is 0. The molecule has 0 spiro atoms. The molecular weight excluding hydrogens is 348 g/mol. The molecule has 0 fully saturated rings. The van der Waals surface area contributed by atoms with Crippen molar-refractivity contribution in [3.8, 4) is 11.5 Å². The Morgan fingerprint density at radius 1 is 0.704 bits per heavy atom. The minimum atomic E-state index is -0.450. The van der Waals surface area contributed by atoms with Crippen LogP contribution in [0.3, 0.4) is 0 Å². The predicted molar refractivity (Wildman–Crippen MR) is 101 cm³/mol. The summed E-state index contributed by atoms with van der Waals surface area (Å²) in [5, 5.41) is 5.44. The van der Waals surface area contributed by atoms with Crippen molar-refractivity contribution < 1.29 is 23.5 Å². The lowest BCUT2D eigenvalue weighted by molar-refractivity contribution is 0.0991. The van der Waals surface area contributed by atoms with Crippen LogP contribution in [-0.2, 0) is 0 Å². The van der Waals surface area contributed by atoms with Crippen molar-refractivity contribution in [2.75, 3.05) is 24.9 Å². The maximum atomic E-state index is 12.5. The van der Waals surface area contributed by atoms with Crippen LogP contribution in [0.2, 0.25) is 0 Å². The number of ether oxygens (including phenoxy) is 2. The molecule has 7 nitrogen and oxygen atoms in total. The van der Waals surface area contributed by atoms with E-state index in [0.717, 1.165) is 0 Å². The first-order chi connectivity index (χ1) is 13.1. The summed E-state index contributed by atoms with van der Waals surface area (Å²) in [4.78, 5) is 25.0. The molecule has 0 aliphatic heterocycles. The van der Waals surface area contributed by atoms with Gasteiger partial charge in [0.2, 0.25) is 0 Å². The van der Waals surface area contributed by atoms with Crippen LogP contribution in [0.15, 0.2) is 65.5 Å². The first-order valence-electron chi connectivity index (χ1n) is 8.07. The van der Waals surface area contributed by atoms with Gasteiger partial charge in [0.15, 0.2) is 0 Å². The van der Waals surface area contributed by atoms with Gasteiger partial charge in [-0.1, -0.05) is 0 Å². The highest BCUT2D eigenvalue weighted by atomic mass is 16.5. The SMILES string of the molecule is COc1ccc(NC(=O)c2cocc2C(=O)Nc2ccc(OC)cc2)cc1. The van der Waals surface area contributed by atoms with Gasteiger partial charge >= 0.3 is 0 Å². The molecule has 0 aliphatic rings. The second-order valence-electron chi connectivity index (χ2n) is 5.56. The Morgan fingerprint density at radius 3 is 1.41 bits per heavy atom. The van der Waals surface area contributed by atoms with Gasteiger partial charge in [-0.05, 0) is 48.5 Å². The van der Waals surface area contributed by atoms with Crippen molar-refractivity contribution in [2.45, 2.75) is 0 Å². The normalized spacial score (nSPS) is 10.1. The van der Waals surface area contributed by atoms with Crippen molar-refractivity contribution in [3.05, 3.63) is 72.2 Å². The molecule has 0 unspecified atom stereocenters. The second-order valence-corrected chi connectivity index (χ2v) is 5.56. The number of furan rings is 1. The summed E-state index contributed by atoms with van der Waals surface area (Å²) in [6, 6.07) is 13.7. The van der Waals surface area contributed by atoms with Crippen LogP contribution < -0.4 is 20.1 Å². The fourth-order valence-electron chi connectivity index (χ4n) is 2.39. The molecule has 3 rings (SSSR count). The Labute approximate surface area is 155 Å². The van der Waals surface area contributed by atoms with Crippen LogP contribution in [0.5, 0.6) is 11.5 Å². The fraction of sp³-hybridized carbons (Fsp3) is 0.100. The van der Waals surface area contributed by atoms with E-state index >= 15 is 0 Å². The number of methoxy groups -OCH3 is 2. The number of hydrogen-bond acceptors (Lipinski definition) is 5. The molecule has 138 valence electrons. The standard InChI is InChI=1S/C20H18N2O5/c1-25-15-7-3-13(4-8-15)21-19(23)17-11-27-12-18(17)20(24)22-14-5-9-16(26-2)10-6-14/h3-12H,1-2H3,(H,21,23)(H,22,24). The van der Waals surface area contributed by atoms with Gasteiger partial charge < -0.3 is 24.5 Å². The van der Waals surface area contributed by atoms with Crippen LogP contribution in [0, 0.1) is 0 Å². The Bertz CT molecular complexity index is 854. The van der Waals surface area contributed by atoms with Crippen molar-refractivity contribution in [3.63, 3.8) is 0 Å². The van der Waals surface area contributed by atoms with E-state index in [9.17, 15) is 9.59 Å². The largest absolute Gasteiger partial charge is 0.497 e. The zero-order valence-corrected chi connectivity index (χ0v) is 14.8. The average molecular weight is 366 g/mol. The third-order valence-corrected chi connectivity index (χ3v) is 3.85. The minimum absolute atomic E-state index is 0.136. The first-order valence-corrected chi connectivity index (χ1v) is 8.07. The Kier molecular flexibility index (Phi) is 5.41. The van der Waals surface area contributed by atoms with Crippen molar-refractivity contribution in [1.82, 2.24) is 0 Å². The van der Waals surface area contributed by atoms with Gasteiger partial charge in [0.25, 0.3) is 11.8 Å². The molecular formula is C20H18N2O5. The molecule has 0 bridgehead atoms. The molecule has 2 N–H and O–H groups in total. The molecule has 0 atom stereocenters. The zero-order valence-electron chi connectivity index (χ0n) is 14.8. The zero-order chi connectivity index (χ0) is 19.2. The molecule has 3 aromatic rings. The van der Waals surface area contributed by atoms with Gasteiger partial charge in [-0.2, -0.15) is 0 Å². The lowest BCUT2D eigenvalue weighted by Crippen LogP contribution is -2.18. The highest BCUT2D eigenvalue weighted by molar-refractivity contribution is 6.15. The minimum Gasteiger partial charge on any atom is -0.497 e. The van der Waals surface area contributed by atoms with Crippen molar-refractivity contribution >= 4 is 23.2 Å². The summed E-state index contributed by atoms with van der Waals surface area (Å²) in [6.45, 7) is 0. The number of carbonyl (C=O) groups is 2. The van der Waals surface area contributed by atoms with E-state index in [1.165, 1.54) is 12.5 Å². The monoisotopic (exact) mass is 366 g/mol. The van der Waals surface area contributed by atoms with E-state index in [1.807, 2.05) is 0 Å². The van der Waals surface area contributed by atoms with E-state index in [1.54, 1.807) is 62.8 Å². The number of amides is 2. The highest BCUT2D eigenvalue weighted by Gasteiger charge is 2.20. The maximum absolute atomic E-state index is 12.5. The van der Waals surface area contributed by atoms with E-state index in [0.29, 0.717) is 22.9 Å². The van der Waals surface area contributed by atoms with Crippen molar-refractivity contribution in [2.24, 2.45) is 0 Å². The lowest BCUT2D eigenvalue weighted by atomic mass is 10.1. The topological polar surface area (TPSA) is 89.8 Å². The van der Waals surface area contributed by atoms with E-state index in [-0.39, 0.29) is 11.1 Å². The van der Waals surface area contributed by atoms with Crippen molar-refractivity contribution in [1.29, 1.82) is 0 Å². The molecule has 1 heterocycles. The molecule has 0 radical (unpaired) electrons. The Morgan fingerprint density at radius 2 is 1.07 bits per heavy atom. The Balaban J connectivity index is 1.71. The summed E-state index contributed by atoms with van der Waals surface area (Å²) in [6.07, 6.45) is 2.48.